The number of esters is 2. The Hall–Kier alpha value is -2.51. The van der Waals surface area contributed by atoms with Crippen LogP contribution >= 0.6 is 0 Å². The number of amides is 1. The van der Waals surface area contributed by atoms with E-state index in [2.05, 4.69) is 10.3 Å². The third-order valence-corrected chi connectivity index (χ3v) is 2.79. The van der Waals surface area contributed by atoms with Gasteiger partial charge in [-0.15, -0.1) is 0 Å². The molecule has 1 unspecified atom stereocenters. The van der Waals surface area contributed by atoms with Gasteiger partial charge >= 0.3 is 11.9 Å². The largest absolute Gasteiger partial charge is 0.464 e. The van der Waals surface area contributed by atoms with Crippen molar-refractivity contribution in [1.82, 2.24) is 10.3 Å². The van der Waals surface area contributed by atoms with Gasteiger partial charge in [-0.1, -0.05) is 6.92 Å². The lowest BCUT2D eigenvalue weighted by Gasteiger charge is -2.28. The minimum atomic E-state index is -1.97. The van der Waals surface area contributed by atoms with Crippen LogP contribution in [0.1, 0.15) is 27.2 Å². The summed E-state index contributed by atoms with van der Waals surface area (Å²) in [6.45, 7) is 4.28. The summed E-state index contributed by atoms with van der Waals surface area (Å²) in [5, 5.41) is 2.27. The van der Waals surface area contributed by atoms with Gasteiger partial charge in [-0.3, -0.25) is 4.79 Å². The van der Waals surface area contributed by atoms with Gasteiger partial charge in [0.1, 0.15) is 5.82 Å². The quantitative estimate of drug-likeness (QED) is 0.621. The molecule has 0 fully saturated rings. The molecule has 1 N–H and O–H groups in total. The molecule has 0 spiro atoms. The summed E-state index contributed by atoms with van der Waals surface area (Å²) in [6, 6.07) is 2.18. The molecule has 7 nitrogen and oxygen atoms in total. The van der Waals surface area contributed by atoms with Crippen LogP contribution in [-0.4, -0.2) is 35.0 Å². The van der Waals surface area contributed by atoms with Crippen molar-refractivity contribution >= 4 is 17.8 Å². The van der Waals surface area contributed by atoms with Crippen LogP contribution in [-0.2, 0) is 19.1 Å². The molecular formula is C14H17FN2O5. The normalized spacial score (nSPS) is 12.9. The van der Waals surface area contributed by atoms with Crippen molar-refractivity contribution in [2.75, 3.05) is 6.61 Å². The van der Waals surface area contributed by atoms with Crippen molar-refractivity contribution in [3.63, 3.8) is 0 Å². The first-order valence-corrected chi connectivity index (χ1v) is 6.65. The number of carbonyl (C=O) groups excluding carboxylic acids is 3. The van der Waals surface area contributed by atoms with Gasteiger partial charge in [-0.2, -0.15) is 0 Å². The van der Waals surface area contributed by atoms with E-state index >= 15 is 0 Å². The lowest BCUT2D eigenvalue weighted by molar-refractivity contribution is -0.163. The number of ether oxygens (including phenoxy) is 2. The minimum absolute atomic E-state index is 0.0300. The van der Waals surface area contributed by atoms with E-state index < -0.39 is 29.2 Å². The fourth-order valence-corrected chi connectivity index (χ4v) is 1.72. The van der Waals surface area contributed by atoms with Crippen molar-refractivity contribution in [1.29, 1.82) is 0 Å². The molecule has 0 bridgehead atoms. The molecule has 0 saturated heterocycles. The highest BCUT2D eigenvalue weighted by atomic mass is 19.1. The third-order valence-electron chi connectivity index (χ3n) is 2.79. The summed E-state index contributed by atoms with van der Waals surface area (Å²) < 4.78 is 22.6. The number of aromatic nitrogens is 1. The molecule has 0 aromatic carbocycles. The zero-order valence-corrected chi connectivity index (χ0v) is 12.5. The number of rotatable bonds is 6. The molecule has 1 amide bonds. The number of halogens is 1. The first kappa shape index (κ1) is 17.5. The zero-order valence-electron chi connectivity index (χ0n) is 12.5. The average molecular weight is 312 g/mol. The molecule has 1 atom stereocenters. The van der Waals surface area contributed by atoms with Gasteiger partial charge in [0.05, 0.1) is 12.8 Å². The summed E-state index contributed by atoms with van der Waals surface area (Å²) in [7, 11) is 0. The van der Waals surface area contributed by atoms with Gasteiger partial charge in [-0.25, -0.2) is 19.0 Å². The van der Waals surface area contributed by atoms with E-state index in [0.29, 0.717) is 0 Å². The van der Waals surface area contributed by atoms with Crippen LogP contribution in [0.5, 0.6) is 5.88 Å². The van der Waals surface area contributed by atoms with E-state index in [1.807, 2.05) is 0 Å². The highest BCUT2D eigenvalue weighted by Crippen LogP contribution is 2.18. The molecule has 120 valence electrons. The molecule has 1 aromatic heterocycles. The number of hydrogen-bond acceptors (Lipinski definition) is 6. The molecular weight excluding hydrogens is 295 g/mol. The Labute approximate surface area is 126 Å². The topological polar surface area (TPSA) is 94.6 Å². The summed E-state index contributed by atoms with van der Waals surface area (Å²) >= 11 is 0. The Morgan fingerprint density at radius 3 is 2.41 bits per heavy atom. The SMILES string of the molecule is CCOC(=O)C(CC)(NC(C)=O)C(=O)Oc1ccc(F)cn1. The van der Waals surface area contributed by atoms with E-state index in [4.69, 9.17) is 9.47 Å². The Morgan fingerprint density at radius 1 is 1.27 bits per heavy atom. The van der Waals surface area contributed by atoms with E-state index in [-0.39, 0.29) is 18.9 Å². The summed E-state index contributed by atoms with van der Waals surface area (Å²) in [6.07, 6.45) is 0.782. The lowest BCUT2D eigenvalue weighted by Crippen LogP contribution is -2.61. The van der Waals surface area contributed by atoms with Crippen molar-refractivity contribution in [2.45, 2.75) is 32.7 Å². The smallest absolute Gasteiger partial charge is 0.350 e. The standard InChI is InChI=1S/C14H17FN2O5/c1-4-14(17-9(3)18,12(19)21-5-2)13(20)22-11-7-6-10(15)8-16-11/h6-8H,4-5H2,1-3H3,(H,17,18). The predicted octanol–water partition coefficient (Wildman–Crippen LogP) is 0.974. The Balaban J connectivity index is 3.07. The van der Waals surface area contributed by atoms with E-state index in [9.17, 15) is 18.8 Å². The Bertz CT molecular complexity index is 561. The highest BCUT2D eigenvalue weighted by molar-refractivity contribution is 6.08. The van der Waals surface area contributed by atoms with Crippen LogP contribution < -0.4 is 10.1 Å². The van der Waals surface area contributed by atoms with Crippen LogP contribution in [0.25, 0.3) is 0 Å². The van der Waals surface area contributed by atoms with Gasteiger partial charge < -0.3 is 14.8 Å². The molecule has 22 heavy (non-hydrogen) atoms. The first-order valence-electron chi connectivity index (χ1n) is 6.65. The molecule has 8 heteroatoms. The van der Waals surface area contributed by atoms with E-state index in [1.54, 1.807) is 6.92 Å². The van der Waals surface area contributed by atoms with Gasteiger partial charge in [0, 0.05) is 13.0 Å². The van der Waals surface area contributed by atoms with Crippen molar-refractivity contribution in [2.24, 2.45) is 0 Å². The number of pyridine rings is 1. The van der Waals surface area contributed by atoms with E-state index in [0.717, 1.165) is 25.3 Å². The summed E-state index contributed by atoms with van der Waals surface area (Å²) in [5.41, 5.74) is -1.97. The molecule has 0 saturated carbocycles. The van der Waals surface area contributed by atoms with Crippen LogP contribution in [0.15, 0.2) is 18.3 Å². The van der Waals surface area contributed by atoms with Crippen LogP contribution in [0.2, 0.25) is 0 Å². The molecule has 0 radical (unpaired) electrons. The second kappa shape index (κ2) is 7.48. The van der Waals surface area contributed by atoms with Crippen LogP contribution in [0.3, 0.4) is 0 Å². The maximum absolute atomic E-state index is 12.8. The second-order valence-corrected chi connectivity index (χ2v) is 4.36. The fraction of sp³-hybridized carbons (Fsp3) is 0.429. The summed E-state index contributed by atoms with van der Waals surface area (Å²) in [4.78, 5) is 39.3. The van der Waals surface area contributed by atoms with Gasteiger partial charge in [-0.05, 0) is 19.4 Å². The average Bonchev–Trinajstić information content (AvgIpc) is 2.47. The fourth-order valence-electron chi connectivity index (χ4n) is 1.72. The number of hydrogen-bond donors (Lipinski definition) is 1. The molecule has 0 aliphatic carbocycles. The van der Waals surface area contributed by atoms with Crippen molar-refractivity contribution < 1.29 is 28.2 Å². The van der Waals surface area contributed by atoms with Gasteiger partial charge in [0.15, 0.2) is 0 Å². The van der Waals surface area contributed by atoms with Crippen LogP contribution in [0.4, 0.5) is 4.39 Å². The second-order valence-electron chi connectivity index (χ2n) is 4.36. The maximum atomic E-state index is 12.8. The number of nitrogens with one attached hydrogen (secondary N) is 1. The highest BCUT2D eigenvalue weighted by Gasteiger charge is 2.49. The lowest BCUT2D eigenvalue weighted by atomic mass is 9.96. The molecule has 0 aliphatic heterocycles. The molecule has 1 aromatic rings. The predicted molar refractivity (Wildman–Crippen MR) is 73.3 cm³/mol. The number of nitrogens with zero attached hydrogens (tertiary/aromatic N) is 1. The molecule has 1 rings (SSSR count). The first-order chi connectivity index (χ1) is 10.4. The van der Waals surface area contributed by atoms with Crippen molar-refractivity contribution in [3.05, 3.63) is 24.1 Å². The maximum Gasteiger partial charge on any atom is 0.350 e. The van der Waals surface area contributed by atoms with Crippen molar-refractivity contribution in [3.8, 4) is 5.88 Å². The summed E-state index contributed by atoms with van der Waals surface area (Å²) in [5.74, 6) is -3.38. The molecule has 1 heterocycles. The van der Waals surface area contributed by atoms with Crippen LogP contribution in [0, 0.1) is 5.82 Å². The van der Waals surface area contributed by atoms with E-state index in [1.165, 1.54) is 6.92 Å². The minimum Gasteiger partial charge on any atom is -0.464 e. The Kier molecular flexibility index (Phi) is 5.97. The molecule has 0 aliphatic rings. The Morgan fingerprint density at radius 2 is 1.95 bits per heavy atom. The zero-order chi connectivity index (χ0) is 16.8. The third kappa shape index (κ3) is 4.00. The number of carbonyl (C=O) groups is 3. The monoisotopic (exact) mass is 312 g/mol. The van der Waals surface area contributed by atoms with Gasteiger partial charge in [0.2, 0.25) is 17.3 Å². The van der Waals surface area contributed by atoms with Gasteiger partial charge in [0.25, 0.3) is 0 Å².